The van der Waals surface area contributed by atoms with Crippen LogP contribution in [0, 0.1) is 5.92 Å². The Kier molecular flexibility index (Phi) is 5.73. The number of nitrogens with zero attached hydrogens (tertiary/aromatic N) is 1. The van der Waals surface area contributed by atoms with Crippen molar-refractivity contribution in [2.45, 2.75) is 44.6 Å². The minimum absolute atomic E-state index is 0.264. The topological polar surface area (TPSA) is 38.5 Å². The minimum atomic E-state index is 0.264. The van der Waals surface area contributed by atoms with Crippen molar-refractivity contribution >= 4 is 0 Å². The van der Waals surface area contributed by atoms with Gasteiger partial charge in [0, 0.05) is 32.3 Å². The van der Waals surface area contributed by atoms with E-state index in [1.54, 1.807) is 7.11 Å². The van der Waals surface area contributed by atoms with Gasteiger partial charge in [-0.05, 0) is 45.1 Å². The van der Waals surface area contributed by atoms with E-state index in [4.69, 9.17) is 10.5 Å². The van der Waals surface area contributed by atoms with Gasteiger partial charge in [0.2, 0.25) is 0 Å². The Morgan fingerprint density at radius 2 is 2.00 bits per heavy atom. The summed E-state index contributed by atoms with van der Waals surface area (Å²) >= 11 is 0. The SMILES string of the molecule is COCCCN(C)C1(CN)CCC(C)CC1. The van der Waals surface area contributed by atoms with Gasteiger partial charge in [0.1, 0.15) is 0 Å². The van der Waals surface area contributed by atoms with E-state index in [-0.39, 0.29) is 5.54 Å². The Morgan fingerprint density at radius 3 is 2.50 bits per heavy atom. The van der Waals surface area contributed by atoms with E-state index in [1.807, 2.05) is 0 Å². The lowest BCUT2D eigenvalue weighted by atomic mass is 9.76. The van der Waals surface area contributed by atoms with Gasteiger partial charge >= 0.3 is 0 Å². The third-order valence-electron chi connectivity index (χ3n) is 4.24. The first-order valence-corrected chi connectivity index (χ1v) is 6.55. The Bertz CT molecular complexity index is 188. The van der Waals surface area contributed by atoms with Gasteiger partial charge in [-0.15, -0.1) is 0 Å². The van der Waals surface area contributed by atoms with Crippen LogP contribution in [0.15, 0.2) is 0 Å². The molecule has 1 rings (SSSR count). The summed E-state index contributed by atoms with van der Waals surface area (Å²) in [6.45, 7) is 5.09. The highest BCUT2D eigenvalue weighted by Gasteiger charge is 2.36. The van der Waals surface area contributed by atoms with Crippen molar-refractivity contribution in [3.8, 4) is 0 Å². The van der Waals surface area contributed by atoms with Crippen molar-refractivity contribution in [3.63, 3.8) is 0 Å². The maximum Gasteiger partial charge on any atom is 0.0474 e. The van der Waals surface area contributed by atoms with Crippen LogP contribution in [-0.2, 0) is 4.74 Å². The van der Waals surface area contributed by atoms with Crippen LogP contribution in [0.1, 0.15) is 39.0 Å². The second-order valence-electron chi connectivity index (χ2n) is 5.38. The van der Waals surface area contributed by atoms with Crippen molar-refractivity contribution in [1.82, 2.24) is 4.90 Å². The Hall–Kier alpha value is -0.120. The Balaban J connectivity index is 2.44. The quantitative estimate of drug-likeness (QED) is 0.705. The smallest absolute Gasteiger partial charge is 0.0474 e. The average molecular weight is 228 g/mol. The molecule has 3 nitrogen and oxygen atoms in total. The predicted molar refractivity (Wildman–Crippen MR) is 68.5 cm³/mol. The molecule has 0 aromatic heterocycles. The maximum absolute atomic E-state index is 6.02. The summed E-state index contributed by atoms with van der Waals surface area (Å²) < 4.78 is 5.11. The summed E-state index contributed by atoms with van der Waals surface area (Å²) in [6.07, 6.45) is 6.27. The molecule has 1 aliphatic rings. The molecule has 0 heterocycles. The molecule has 0 saturated heterocycles. The normalized spacial score (nSPS) is 30.9. The first kappa shape index (κ1) is 13.9. The van der Waals surface area contributed by atoms with Crippen molar-refractivity contribution < 1.29 is 4.74 Å². The van der Waals surface area contributed by atoms with Gasteiger partial charge in [0.25, 0.3) is 0 Å². The van der Waals surface area contributed by atoms with Crippen LogP contribution >= 0.6 is 0 Å². The highest BCUT2D eigenvalue weighted by molar-refractivity contribution is 4.94. The zero-order valence-corrected chi connectivity index (χ0v) is 11.2. The molecule has 0 aliphatic heterocycles. The van der Waals surface area contributed by atoms with Gasteiger partial charge in [-0.3, -0.25) is 4.90 Å². The molecular formula is C13H28N2O. The third-order valence-corrected chi connectivity index (χ3v) is 4.24. The van der Waals surface area contributed by atoms with Crippen LogP contribution in [0.5, 0.6) is 0 Å². The molecule has 1 saturated carbocycles. The standard InChI is InChI=1S/C13H28N2O/c1-12-5-7-13(11-14,8-6-12)15(2)9-4-10-16-3/h12H,4-11,14H2,1-3H3. The molecule has 0 spiro atoms. The lowest BCUT2D eigenvalue weighted by molar-refractivity contribution is 0.0594. The fraction of sp³-hybridized carbons (Fsp3) is 1.00. The summed E-state index contributed by atoms with van der Waals surface area (Å²) in [7, 11) is 3.99. The number of rotatable bonds is 6. The summed E-state index contributed by atoms with van der Waals surface area (Å²) in [6, 6.07) is 0. The summed E-state index contributed by atoms with van der Waals surface area (Å²) in [4.78, 5) is 2.47. The molecule has 0 aromatic carbocycles. The van der Waals surface area contributed by atoms with Crippen LogP contribution in [0.3, 0.4) is 0 Å². The second kappa shape index (κ2) is 6.58. The van der Waals surface area contributed by atoms with E-state index in [0.29, 0.717) is 0 Å². The maximum atomic E-state index is 6.02. The molecule has 0 atom stereocenters. The fourth-order valence-corrected chi connectivity index (χ4v) is 2.72. The molecule has 0 amide bonds. The van der Waals surface area contributed by atoms with E-state index in [1.165, 1.54) is 25.7 Å². The van der Waals surface area contributed by atoms with E-state index in [0.717, 1.165) is 32.0 Å². The molecular weight excluding hydrogens is 200 g/mol. The average Bonchev–Trinajstić information content (AvgIpc) is 2.31. The third kappa shape index (κ3) is 3.44. The van der Waals surface area contributed by atoms with Crippen LogP contribution in [0.4, 0.5) is 0 Å². The minimum Gasteiger partial charge on any atom is -0.385 e. The van der Waals surface area contributed by atoms with Crippen molar-refractivity contribution in [1.29, 1.82) is 0 Å². The van der Waals surface area contributed by atoms with Crippen LogP contribution < -0.4 is 5.73 Å². The van der Waals surface area contributed by atoms with Gasteiger partial charge in [0.15, 0.2) is 0 Å². The largest absolute Gasteiger partial charge is 0.385 e. The van der Waals surface area contributed by atoms with Crippen LogP contribution in [0.2, 0.25) is 0 Å². The number of hydrogen-bond donors (Lipinski definition) is 1. The zero-order chi connectivity index (χ0) is 12.0. The van der Waals surface area contributed by atoms with Crippen molar-refractivity contribution in [2.24, 2.45) is 11.7 Å². The summed E-state index contributed by atoms with van der Waals surface area (Å²) in [5, 5.41) is 0. The molecule has 1 fully saturated rings. The van der Waals surface area contributed by atoms with E-state index < -0.39 is 0 Å². The highest BCUT2D eigenvalue weighted by atomic mass is 16.5. The summed E-state index contributed by atoms with van der Waals surface area (Å²) in [5.41, 5.74) is 6.28. The van der Waals surface area contributed by atoms with Crippen LogP contribution in [0.25, 0.3) is 0 Å². The van der Waals surface area contributed by atoms with Crippen molar-refractivity contribution in [3.05, 3.63) is 0 Å². The Labute approximate surface area is 100 Å². The van der Waals surface area contributed by atoms with Gasteiger partial charge in [-0.1, -0.05) is 6.92 Å². The molecule has 0 radical (unpaired) electrons. The molecule has 3 heteroatoms. The number of methoxy groups -OCH3 is 1. The molecule has 0 bridgehead atoms. The monoisotopic (exact) mass is 228 g/mol. The number of nitrogens with two attached hydrogens (primary N) is 1. The fourth-order valence-electron chi connectivity index (χ4n) is 2.72. The first-order valence-electron chi connectivity index (χ1n) is 6.55. The van der Waals surface area contributed by atoms with Crippen LogP contribution in [-0.4, -0.2) is 44.3 Å². The number of hydrogen-bond acceptors (Lipinski definition) is 3. The summed E-state index contributed by atoms with van der Waals surface area (Å²) in [5.74, 6) is 0.882. The highest BCUT2D eigenvalue weighted by Crippen LogP contribution is 2.35. The molecule has 16 heavy (non-hydrogen) atoms. The van der Waals surface area contributed by atoms with Gasteiger partial charge in [-0.25, -0.2) is 0 Å². The van der Waals surface area contributed by atoms with E-state index >= 15 is 0 Å². The first-order chi connectivity index (χ1) is 7.64. The lowest BCUT2D eigenvalue weighted by Crippen LogP contribution is -2.54. The van der Waals surface area contributed by atoms with E-state index in [2.05, 4.69) is 18.9 Å². The molecule has 96 valence electrons. The second-order valence-corrected chi connectivity index (χ2v) is 5.38. The molecule has 2 N–H and O–H groups in total. The van der Waals surface area contributed by atoms with Gasteiger partial charge < -0.3 is 10.5 Å². The Morgan fingerprint density at radius 1 is 1.38 bits per heavy atom. The number of ether oxygens (including phenoxy) is 1. The molecule has 0 unspecified atom stereocenters. The number of likely N-dealkylation sites (N-methyl/N-ethyl adjacent to an activating group) is 1. The molecule has 1 aliphatic carbocycles. The van der Waals surface area contributed by atoms with Gasteiger partial charge in [-0.2, -0.15) is 0 Å². The lowest BCUT2D eigenvalue weighted by Gasteiger charge is -2.45. The molecule has 0 aromatic rings. The zero-order valence-electron chi connectivity index (χ0n) is 11.2. The van der Waals surface area contributed by atoms with Crippen molar-refractivity contribution in [2.75, 3.05) is 33.9 Å². The predicted octanol–water partition coefficient (Wildman–Crippen LogP) is 1.86. The van der Waals surface area contributed by atoms with Gasteiger partial charge in [0.05, 0.1) is 0 Å². The van der Waals surface area contributed by atoms with E-state index in [9.17, 15) is 0 Å².